The molecule has 0 fully saturated rings. The number of aryl methyl sites for hydroxylation is 1. The van der Waals surface area contributed by atoms with Crippen LogP contribution in [0.15, 0.2) is 59.1 Å². The normalized spacial score (nSPS) is 10.9. The van der Waals surface area contributed by atoms with Crippen LogP contribution in [0.4, 0.5) is 0 Å². The van der Waals surface area contributed by atoms with Gasteiger partial charge in [0.25, 0.3) is 0 Å². The zero-order valence-electron chi connectivity index (χ0n) is 17.2. The number of methoxy groups -OCH3 is 1. The minimum atomic E-state index is 0.0514. The molecule has 0 bridgehead atoms. The summed E-state index contributed by atoms with van der Waals surface area (Å²) in [6.45, 7) is 4.30. The van der Waals surface area contributed by atoms with Crippen LogP contribution in [0.25, 0.3) is 11.4 Å². The Kier molecular flexibility index (Phi) is 7.00. The van der Waals surface area contributed by atoms with E-state index in [1.165, 1.54) is 5.56 Å². The van der Waals surface area contributed by atoms with Gasteiger partial charge in [-0.05, 0) is 56.5 Å². The summed E-state index contributed by atoms with van der Waals surface area (Å²) in [6.07, 6.45) is 2.19. The molecule has 2 aromatic carbocycles. The van der Waals surface area contributed by atoms with Crippen molar-refractivity contribution >= 4 is 5.91 Å². The summed E-state index contributed by atoms with van der Waals surface area (Å²) in [5.74, 6) is 1.80. The third-order valence-electron chi connectivity index (χ3n) is 4.76. The van der Waals surface area contributed by atoms with E-state index in [1.54, 1.807) is 12.0 Å². The molecule has 6 nitrogen and oxygen atoms in total. The van der Waals surface area contributed by atoms with E-state index in [9.17, 15) is 4.79 Å². The number of aromatic nitrogens is 2. The summed E-state index contributed by atoms with van der Waals surface area (Å²) in [7, 11) is 1.62. The Morgan fingerprint density at radius 1 is 1.10 bits per heavy atom. The lowest BCUT2D eigenvalue weighted by atomic mass is 10.1. The van der Waals surface area contributed by atoms with Gasteiger partial charge in [-0.25, -0.2) is 0 Å². The maximum atomic E-state index is 12.7. The Labute approximate surface area is 171 Å². The van der Waals surface area contributed by atoms with Gasteiger partial charge in [0.2, 0.25) is 17.6 Å². The average Bonchev–Trinajstić information content (AvgIpc) is 3.21. The van der Waals surface area contributed by atoms with E-state index in [4.69, 9.17) is 9.26 Å². The summed E-state index contributed by atoms with van der Waals surface area (Å²) < 4.78 is 10.6. The fourth-order valence-corrected chi connectivity index (χ4v) is 3.11. The first-order chi connectivity index (χ1) is 14.1. The highest BCUT2D eigenvalue weighted by atomic mass is 16.5. The summed E-state index contributed by atoms with van der Waals surface area (Å²) in [4.78, 5) is 19.0. The summed E-state index contributed by atoms with van der Waals surface area (Å²) >= 11 is 0. The molecule has 0 radical (unpaired) electrons. The predicted molar refractivity (Wildman–Crippen MR) is 111 cm³/mol. The fraction of sp³-hybridized carbons (Fsp3) is 0.348. The van der Waals surface area contributed by atoms with Gasteiger partial charge < -0.3 is 14.2 Å². The molecule has 6 heteroatoms. The summed E-state index contributed by atoms with van der Waals surface area (Å²) in [6, 6.07) is 17.7. The third-order valence-corrected chi connectivity index (χ3v) is 4.76. The number of benzene rings is 2. The highest BCUT2D eigenvalue weighted by Gasteiger charge is 2.20. The molecule has 1 aromatic heterocycles. The maximum Gasteiger partial charge on any atom is 0.246 e. The van der Waals surface area contributed by atoms with Crippen LogP contribution in [0.1, 0.15) is 38.1 Å². The van der Waals surface area contributed by atoms with Crippen LogP contribution in [-0.4, -0.2) is 34.1 Å². The van der Waals surface area contributed by atoms with E-state index in [-0.39, 0.29) is 11.9 Å². The molecule has 0 aliphatic rings. The van der Waals surface area contributed by atoms with Crippen molar-refractivity contribution in [3.63, 3.8) is 0 Å². The third kappa shape index (κ3) is 5.67. The van der Waals surface area contributed by atoms with Crippen molar-refractivity contribution in [3.05, 3.63) is 66.1 Å². The predicted octanol–water partition coefficient (Wildman–Crippen LogP) is 4.51. The Bertz CT molecular complexity index is 905. The van der Waals surface area contributed by atoms with E-state index >= 15 is 0 Å². The molecule has 0 N–H and O–H groups in total. The van der Waals surface area contributed by atoms with Gasteiger partial charge in [0.1, 0.15) is 12.3 Å². The first-order valence-corrected chi connectivity index (χ1v) is 9.87. The van der Waals surface area contributed by atoms with Crippen molar-refractivity contribution in [2.45, 2.75) is 45.7 Å². The van der Waals surface area contributed by atoms with Crippen molar-refractivity contribution in [2.24, 2.45) is 0 Å². The maximum absolute atomic E-state index is 12.7. The van der Waals surface area contributed by atoms with E-state index in [0.717, 1.165) is 24.2 Å². The van der Waals surface area contributed by atoms with Gasteiger partial charge >= 0.3 is 0 Å². The Hall–Kier alpha value is -3.15. The van der Waals surface area contributed by atoms with Crippen molar-refractivity contribution in [1.29, 1.82) is 0 Å². The second kappa shape index (κ2) is 9.87. The molecule has 0 saturated heterocycles. The fourth-order valence-electron chi connectivity index (χ4n) is 3.11. The van der Waals surface area contributed by atoms with Gasteiger partial charge in [0.05, 0.1) is 7.11 Å². The molecule has 3 rings (SSSR count). The van der Waals surface area contributed by atoms with Gasteiger partial charge in [0.15, 0.2) is 0 Å². The molecule has 0 unspecified atom stereocenters. The van der Waals surface area contributed by atoms with Crippen molar-refractivity contribution in [2.75, 3.05) is 7.11 Å². The van der Waals surface area contributed by atoms with Crippen LogP contribution in [-0.2, 0) is 17.8 Å². The van der Waals surface area contributed by atoms with Crippen LogP contribution in [0.3, 0.4) is 0 Å². The number of rotatable bonds is 9. The second-order valence-corrected chi connectivity index (χ2v) is 7.19. The van der Waals surface area contributed by atoms with E-state index in [2.05, 4.69) is 22.3 Å². The number of hydrogen-bond acceptors (Lipinski definition) is 5. The molecule has 29 heavy (non-hydrogen) atoms. The molecule has 1 heterocycles. The van der Waals surface area contributed by atoms with E-state index in [1.807, 2.05) is 56.3 Å². The lowest BCUT2D eigenvalue weighted by molar-refractivity contribution is -0.134. The van der Waals surface area contributed by atoms with Gasteiger partial charge in [0, 0.05) is 18.0 Å². The molecular weight excluding hydrogens is 366 g/mol. The number of carbonyl (C=O) groups is 1. The smallest absolute Gasteiger partial charge is 0.246 e. The molecular formula is C23H27N3O3. The van der Waals surface area contributed by atoms with Gasteiger partial charge in [-0.1, -0.05) is 35.5 Å². The molecule has 0 spiro atoms. The monoisotopic (exact) mass is 393 g/mol. The molecule has 3 aromatic rings. The largest absolute Gasteiger partial charge is 0.497 e. The van der Waals surface area contributed by atoms with Crippen LogP contribution in [0.5, 0.6) is 5.75 Å². The summed E-state index contributed by atoms with van der Waals surface area (Å²) in [5.41, 5.74) is 2.09. The van der Waals surface area contributed by atoms with Gasteiger partial charge in [-0.3, -0.25) is 4.79 Å². The van der Waals surface area contributed by atoms with Gasteiger partial charge in [-0.15, -0.1) is 0 Å². The zero-order valence-corrected chi connectivity index (χ0v) is 17.2. The average molecular weight is 393 g/mol. The van der Waals surface area contributed by atoms with Gasteiger partial charge in [-0.2, -0.15) is 4.98 Å². The minimum absolute atomic E-state index is 0.0514. The number of carbonyl (C=O) groups excluding carboxylic acids is 1. The van der Waals surface area contributed by atoms with E-state index < -0.39 is 0 Å². The minimum Gasteiger partial charge on any atom is -0.497 e. The molecule has 1 amide bonds. The molecule has 152 valence electrons. The first-order valence-electron chi connectivity index (χ1n) is 9.87. The zero-order chi connectivity index (χ0) is 20.6. The van der Waals surface area contributed by atoms with Crippen molar-refractivity contribution < 1.29 is 14.1 Å². The van der Waals surface area contributed by atoms with E-state index in [0.29, 0.717) is 24.7 Å². The number of ether oxygens (including phenoxy) is 1. The van der Waals surface area contributed by atoms with Crippen LogP contribution in [0.2, 0.25) is 0 Å². The van der Waals surface area contributed by atoms with Crippen molar-refractivity contribution in [1.82, 2.24) is 15.0 Å². The summed E-state index contributed by atoms with van der Waals surface area (Å²) in [5, 5.41) is 4.05. The molecule has 0 atom stereocenters. The number of hydrogen-bond donors (Lipinski definition) is 0. The molecule has 0 aliphatic heterocycles. The van der Waals surface area contributed by atoms with Crippen molar-refractivity contribution in [3.8, 4) is 17.1 Å². The SMILES string of the molecule is COc1ccc(-c2noc(CN(C(=O)CCCc3ccccc3)C(C)C)n2)cc1. The Balaban J connectivity index is 1.59. The Morgan fingerprint density at radius 2 is 1.83 bits per heavy atom. The molecule has 0 aliphatic carbocycles. The lowest BCUT2D eigenvalue weighted by Crippen LogP contribution is -2.36. The van der Waals surface area contributed by atoms with Crippen LogP contribution >= 0.6 is 0 Å². The first kappa shape index (κ1) is 20.6. The second-order valence-electron chi connectivity index (χ2n) is 7.19. The van der Waals surface area contributed by atoms with Crippen LogP contribution in [0, 0.1) is 0 Å². The van der Waals surface area contributed by atoms with Crippen LogP contribution < -0.4 is 4.74 Å². The lowest BCUT2D eigenvalue weighted by Gasteiger charge is -2.25. The highest BCUT2D eigenvalue weighted by molar-refractivity contribution is 5.76. The Morgan fingerprint density at radius 3 is 2.48 bits per heavy atom. The number of nitrogens with zero attached hydrogens (tertiary/aromatic N) is 3. The number of amides is 1. The quantitative estimate of drug-likeness (QED) is 0.535. The topological polar surface area (TPSA) is 68.5 Å². The highest BCUT2D eigenvalue weighted by Crippen LogP contribution is 2.20. The molecule has 0 saturated carbocycles. The standard InChI is InChI=1S/C23H27N3O3/c1-17(2)26(22(27)11-7-10-18-8-5-4-6-9-18)16-21-24-23(25-29-21)19-12-14-20(28-3)15-13-19/h4-6,8-9,12-15,17H,7,10-11,16H2,1-3H3.